The number of hydrogen-bond acceptors (Lipinski definition) is 3. The normalized spacial score (nSPS) is 12.5. The third-order valence-corrected chi connectivity index (χ3v) is 1.55. The number of esters is 1. The standard InChI is InChI=1S/C11H21NO2/c1-6-7-8-9(10(13)14-5)12-11(2,3)4/h8,12H,6-7H2,1-5H3. The monoisotopic (exact) mass is 199 g/mol. The molecule has 3 nitrogen and oxygen atoms in total. The number of rotatable bonds is 4. The highest BCUT2D eigenvalue weighted by atomic mass is 16.5. The van der Waals surface area contributed by atoms with Gasteiger partial charge in [0.25, 0.3) is 0 Å². The van der Waals surface area contributed by atoms with Gasteiger partial charge >= 0.3 is 5.97 Å². The van der Waals surface area contributed by atoms with E-state index in [1.165, 1.54) is 7.11 Å². The van der Waals surface area contributed by atoms with Crippen LogP contribution in [0.15, 0.2) is 11.8 Å². The Kier molecular flexibility index (Phi) is 5.28. The van der Waals surface area contributed by atoms with E-state index in [9.17, 15) is 4.79 Å². The summed E-state index contributed by atoms with van der Waals surface area (Å²) in [4.78, 5) is 11.3. The number of carbonyl (C=O) groups excluding carboxylic acids is 1. The highest BCUT2D eigenvalue weighted by molar-refractivity contribution is 5.87. The van der Waals surface area contributed by atoms with Crippen molar-refractivity contribution in [2.75, 3.05) is 7.11 Å². The quantitative estimate of drug-likeness (QED) is 0.557. The second kappa shape index (κ2) is 5.68. The maximum atomic E-state index is 11.3. The summed E-state index contributed by atoms with van der Waals surface area (Å²) in [5.41, 5.74) is 0.440. The van der Waals surface area contributed by atoms with Gasteiger partial charge in [0.1, 0.15) is 5.70 Å². The molecule has 0 aromatic rings. The molecular weight excluding hydrogens is 178 g/mol. The molecule has 0 atom stereocenters. The van der Waals surface area contributed by atoms with Crippen LogP contribution in [0.4, 0.5) is 0 Å². The van der Waals surface area contributed by atoms with Crippen molar-refractivity contribution in [2.45, 2.75) is 46.1 Å². The summed E-state index contributed by atoms with van der Waals surface area (Å²) < 4.78 is 4.69. The van der Waals surface area contributed by atoms with E-state index in [0.29, 0.717) is 5.70 Å². The highest BCUT2D eigenvalue weighted by Crippen LogP contribution is 2.06. The summed E-state index contributed by atoms with van der Waals surface area (Å²) in [6.07, 6.45) is 3.79. The Morgan fingerprint density at radius 3 is 2.36 bits per heavy atom. The maximum Gasteiger partial charge on any atom is 0.353 e. The first kappa shape index (κ1) is 13.0. The molecule has 82 valence electrons. The summed E-state index contributed by atoms with van der Waals surface area (Å²) in [5.74, 6) is -0.298. The van der Waals surface area contributed by atoms with E-state index in [1.807, 2.05) is 26.8 Å². The molecule has 0 radical (unpaired) electrons. The summed E-state index contributed by atoms with van der Waals surface area (Å²) in [6.45, 7) is 8.10. The van der Waals surface area contributed by atoms with Gasteiger partial charge in [-0.3, -0.25) is 0 Å². The van der Waals surface area contributed by atoms with Crippen LogP contribution < -0.4 is 5.32 Å². The summed E-state index contributed by atoms with van der Waals surface area (Å²) in [5, 5.41) is 3.13. The van der Waals surface area contributed by atoms with Gasteiger partial charge in [-0.05, 0) is 27.2 Å². The van der Waals surface area contributed by atoms with Gasteiger partial charge in [-0.15, -0.1) is 0 Å². The number of ether oxygens (including phenoxy) is 1. The molecule has 0 amide bonds. The number of hydrogen-bond donors (Lipinski definition) is 1. The number of allylic oxidation sites excluding steroid dienone is 1. The summed E-state index contributed by atoms with van der Waals surface area (Å²) in [7, 11) is 1.40. The van der Waals surface area contributed by atoms with Crippen LogP contribution in [0, 0.1) is 0 Å². The van der Waals surface area contributed by atoms with Crippen molar-refractivity contribution < 1.29 is 9.53 Å². The van der Waals surface area contributed by atoms with Crippen molar-refractivity contribution in [3.05, 3.63) is 11.8 Å². The van der Waals surface area contributed by atoms with E-state index in [0.717, 1.165) is 12.8 Å². The number of methoxy groups -OCH3 is 1. The smallest absolute Gasteiger partial charge is 0.353 e. The second-order valence-corrected chi connectivity index (χ2v) is 4.27. The lowest BCUT2D eigenvalue weighted by Crippen LogP contribution is -2.38. The van der Waals surface area contributed by atoms with E-state index in [1.54, 1.807) is 0 Å². The van der Waals surface area contributed by atoms with Gasteiger partial charge in [-0.25, -0.2) is 4.79 Å². The molecule has 0 unspecified atom stereocenters. The molecule has 0 aromatic heterocycles. The first-order valence-electron chi connectivity index (χ1n) is 4.97. The summed E-state index contributed by atoms with van der Waals surface area (Å²) >= 11 is 0. The zero-order valence-electron chi connectivity index (χ0n) is 9.81. The molecule has 0 aromatic carbocycles. The molecule has 3 heteroatoms. The van der Waals surface area contributed by atoms with E-state index in [-0.39, 0.29) is 11.5 Å². The maximum absolute atomic E-state index is 11.3. The van der Waals surface area contributed by atoms with E-state index >= 15 is 0 Å². The Balaban J connectivity index is 4.49. The minimum atomic E-state index is -0.298. The lowest BCUT2D eigenvalue weighted by atomic mass is 10.1. The van der Waals surface area contributed by atoms with E-state index in [2.05, 4.69) is 17.0 Å². The molecule has 0 aliphatic rings. The third kappa shape index (κ3) is 5.62. The van der Waals surface area contributed by atoms with Gasteiger partial charge < -0.3 is 10.1 Å². The molecule has 0 rings (SSSR count). The Labute approximate surface area is 86.5 Å². The topological polar surface area (TPSA) is 38.3 Å². The van der Waals surface area contributed by atoms with Crippen molar-refractivity contribution >= 4 is 5.97 Å². The second-order valence-electron chi connectivity index (χ2n) is 4.27. The van der Waals surface area contributed by atoms with Gasteiger partial charge in [0.05, 0.1) is 7.11 Å². The first-order chi connectivity index (χ1) is 6.40. The number of nitrogens with one attached hydrogen (secondary N) is 1. The number of unbranched alkanes of at least 4 members (excludes halogenated alkanes) is 1. The largest absolute Gasteiger partial charge is 0.464 e. The molecule has 0 aliphatic carbocycles. The minimum Gasteiger partial charge on any atom is -0.464 e. The third-order valence-electron chi connectivity index (χ3n) is 1.55. The zero-order valence-corrected chi connectivity index (χ0v) is 9.81. The molecule has 1 N–H and O–H groups in total. The van der Waals surface area contributed by atoms with Gasteiger partial charge in [-0.2, -0.15) is 0 Å². The fourth-order valence-electron chi connectivity index (χ4n) is 0.988. The predicted molar refractivity (Wildman–Crippen MR) is 57.9 cm³/mol. The zero-order chi connectivity index (χ0) is 11.2. The molecule has 14 heavy (non-hydrogen) atoms. The number of carbonyl (C=O) groups is 1. The van der Waals surface area contributed by atoms with Crippen molar-refractivity contribution in [1.29, 1.82) is 0 Å². The molecule has 0 bridgehead atoms. The van der Waals surface area contributed by atoms with Crippen molar-refractivity contribution in [1.82, 2.24) is 5.32 Å². The molecule has 0 aliphatic heterocycles. The lowest BCUT2D eigenvalue weighted by molar-refractivity contribution is -0.136. The van der Waals surface area contributed by atoms with E-state index < -0.39 is 0 Å². The van der Waals surface area contributed by atoms with Crippen LogP contribution in [-0.2, 0) is 9.53 Å². The molecule has 0 fully saturated rings. The van der Waals surface area contributed by atoms with Gasteiger partial charge in [-0.1, -0.05) is 19.4 Å². The van der Waals surface area contributed by atoms with E-state index in [4.69, 9.17) is 0 Å². The van der Waals surface area contributed by atoms with Crippen LogP contribution in [-0.4, -0.2) is 18.6 Å². The predicted octanol–water partition coefficient (Wildman–Crippen LogP) is 2.23. The van der Waals surface area contributed by atoms with Crippen LogP contribution in [0.3, 0.4) is 0 Å². The van der Waals surface area contributed by atoms with Crippen LogP contribution in [0.1, 0.15) is 40.5 Å². The molecule has 0 heterocycles. The molecular formula is C11H21NO2. The fourth-order valence-corrected chi connectivity index (χ4v) is 0.988. The van der Waals surface area contributed by atoms with Crippen molar-refractivity contribution in [3.8, 4) is 0 Å². The van der Waals surface area contributed by atoms with Crippen LogP contribution in [0.25, 0.3) is 0 Å². The fraction of sp³-hybridized carbons (Fsp3) is 0.727. The Morgan fingerprint density at radius 2 is 2.00 bits per heavy atom. The Morgan fingerprint density at radius 1 is 1.43 bits per heavy atom. The molecule has 0 saturated carbocycles. The molecule has 0 saturated heterocycles. The van der Waals surface area contributed by atoms with Gasteiger partial charge in [0, 0.05) is 5.54 Å². The first-order valence-corrected chi connectivity index (χ1v) is 4.97. The molecule has 0 spiro atoms. The Bertz CT molecular complexity index is 214. The SMILES string of the molecule is CCCC=C(NC(C)(C)C)C(=O)OC. The van der Waals surface area contributed by atoms with Gasteiger partial charge in [0.2, 0.25) is 0 Å². The Hall–Kier alpha value is -0.990. The van der Waals surface area contributed by atoms with Crippen LogP contribution in [0.2, 0.25) is 0 Å². The summed E-state index contributed by atoms with van der Waals surface area (Å²) in [6, 6.07) is 0. The average molecular weight is 199 g/mol. The average Bonchev–Trinajstić information content (AvgIpc) is 2.09. The van der Waals surface area contributed by atoms with Crippen LogP contribution >= 0.6 is 0 Å². The van der Waals surface area contributed by atoms with Crippen LogP contribution in [0.5, 0.6) is 0 Å². The van der Waals surface area contributed by atoms with Crippen molar-refractivity contribution in [3.63, 3.8) is 0 Å². The van der Waals surface area contributed by atoms with Gasteiger partial charge in [0.15, 0.2) is 0 Å². The minimum absolute atomic E-state index is 0.117. The van der Waals surface area contributed by atoms with Crippen molar-refractivity contribution in [2.24, 2.45) is 0 Å². The highest BCUT2D eigenvalue weighted by Gasteiger charge is 2.16. The lowest BCUT2D eigenvalue weighted by Gasteiger charge is -2.23.